The summed E-state index contributed by atoms with van der Waals surface area (Å²) < 4.78 is 7.06. The molecule has 1 heterocycles. The first kappa shape index (κ1) is 30.5. The minimum Gasteiger partial charge on any atom is -0.456 e. The summed E-state index contributed by atoms with van der Waals surface area (Å²) in [5.41, 5.74) is 16.6. The quantitative estimate of drug-likeness (QED) is 0.178. The van der Waals surface area contributed by atoms with Crippen molar-refractivity contribution in [2.24, 2.45) is 0 Å². The van der Waals surface area contributed by atoms with Gasteiger partial charge in [0.25, 0.3) is 0 Å². The van der Waals surface area contributed by atoms with Crippen LogP contribution in [0.25, 0.3) is 44.2 Å². The molecule has 0 unspecified atom stereocenters. The summed E-state index contributed by atoms with van der Waals surface area (Å²) >= 11 is 0. The molecule has 0 N–H and O–H groups in total. The zero-order valence-corrected chi connectivity index (χ0v) is 30.0. The molecule has 1 aliphatic heterocycles. The highest BCUT2D eigenvalue weighted by atomic mass is 16.5. The van der Waals surface area contributed by atoms with Crippen LogP contribution in [0.4, 0.5) is 0 Å². The van der Waals surface area contributed by atoms with E-state index in [2.05, 4.69) is 206 Å². The molecule has 0 saturated heterocycles. The summed E-state index contributed by atoms with van der Waals surface area (Å²) in [7, 11) is 0. The maximum atomic E-state index is 7.06. The number of fused-ring (bicyclic) bond motifs is 14. The fraction of sp³-hybridized carbons (Fsp3) is 0.0370. The van der Waals surface area contributed by atoms with Crippen molar-refractivity contribution in [3.63, 3.8) is 0 Å². The number of hydrogen-bond donors (Lipinski definition) is 0. The van der Waals surface area contributed by atoms with Crippen LogP contribution in [0.5, 0.6) is 11.5 Å². The molecule has 9 aromatic carbocycles. The summed E-state index contributed by atoms with van der Waals surface area (Å²) in [4.78, 5) is 0. The Morgan fingerprint density at radius 1 is 0.291 bits per heavy atom. The van der Waals surface area contributed by atoms with E-state index in [4.69, 9.17) is 4.74 Å². The minimum absolute atomic E-state index is 0.485. The van der Waals surface area contributed by atoms with Gasteiger partial charge in [-0.3, -0.25) is 0 Å². The lowest BCUT2D eigenvalue weighted by molar-refractivity contribution is 0.442. The molecule has 55 heavy (non-hydrogen) atoms. The third kappa shape index (κ3) is 3.87. The van der Waals surface area contributed by atoms with Gasteiger partial charge in [-0.05, 0) is 90.3 Å². The lowest BCUT2D eigenvalue weighted by atomic mass is 9.65. The van der Waals surface area contributed by atoms with Gasteiger partial charge in [0.1, 0.15) is 11.5 Å². The van der Waals surface area contributed by atoms with E-state index >= 15 is 0 Å². The first-order valence-electron chi connectivity index (χ1n) is 19.2. The van der Waals surface area contributed by atoms with Gasteiger partial charge in [-0.25, -0.2) is 0 Å². The maximum Gasteiger partial charge on any atom is 0.140 e. The molecule has 256 valence electrons. The molecule has 0 aromatic heterocycles. The van der Waals surface area contributed by atoms with Crippen LogP contribution in [-0.4, -0.2) is 0 Å². The van der Waals surface area contributed by atoms with Crippen molar-refractivity contribution in [2.75, 3.05) is 0 Å². The Labute approximate surface area is 320 Å². The van der Waals surface area contributed by atoms with Crippen molar-refractivity contribution in [2.45, 2.75) is 10.8 Å². The number of benzene rings is 9. The van der Waals surface area contributed by atoms with E-state index < -0.39 is 10.8 Å². The summed E-state index contributed by atoms with van der Waals surface area (Å²) in [5, 5.41) is 2.29. The molecule has 2 aliphatic carbocycles. The highest BCUT2D eigenvalue weighted by Gasteiger charge is 2.52. The molecule has 1 spiro atoms. The van der Waals surface area contributed by atoms with E-state index in [1.54, 1.807) is 0 Å². The van der Waals surface area contributed by atoms with Crippen molar-refractivity contribution in [1.82, 2.24) is 0 Å². The zero-order valence-electron chi connectivity index (χ0n) is 30.0. The molecular formula is C54H34O. The average Bonchev–Trinajstić information content (AvgIpc) is 3.73. The zero-order chi connectivity index (χ0) is 36.1. The Morgan fingerprint density at radius 3 is 1.38 bits per heavy atom. The molecule has 0 fully saturated rings. The van der Waals surface area contributed by atoms with Gasteiger partial charge < -0.3 is 4.74 Å². The highest BCUT2D eigenvalue weighted by Crippen LogP contribution is 2.64. The topological polar surface area (TPSA) is 9.23 Å². The standard InChI is InChI=1S/C54H34O/c1-2-18-36(19-3-1)53(45-27-10-6-22-39(45)40-23-7-11-28-46(40)53)37-20-16-17-35(33-37)44-34-50-52(43-26-5-4-21-38(43)44)55-51-32-15-14-31-49(51)54(50)47-29-12-8-24-41(47)42-25-9-13-30-48(42)54/h1-34H. The summed E-state index contributed by atoms with van der Waals surface area (Å²) in [6.45, 7) is 0. The lowest BCUT2D eigenvalue weighted by Crippen LogP contribution is -2.32. The van der Waals surface area contributed by atoms with Crippen molar-refractivity contribution in [3.05, 3.63) is 251 Å². The van der Waals surface area contributed by atoms with E-state index in [0.29, 0.717) is 0 Å². The van der Waals surface area contributed by atoms with Gasteiger partial charge in [0, 0.05) is 16.5 Å². The normalized spacial score (nSPS) is 14.6. The van der Waals surface area contributed by atoms with E-state index in [0.717, 1.165) is 16.9 Å². The van der Waals surface area contributed by atoms with E-state index in [9.17, 15) is 0 Å². The van der Waals surface area contributed by atoms with Crippen molar-refractivity contribution in [3.8, 4) is 44.9 Å². The van der Waals surface area contributed by atoms with Crippen LogP contribution in [0.2, 0.25) is 0 Å². The van der Waals surface area contributed by atoms with Crippen LogP contribution in [-0.2, 0) is 10.8 Å². The molecule has 0 atom stereocenters. The minimum atomic E-state index is -0.553. The first-order chi connectivity index (χ1) is 27.3. The number of rotatable bonds is 3. The van der Waals surface area contributed by atoms with Gasteiger partial charge in [0.2, 0.25) is 0 Å². The molecule has 0 radical (unpaired) electrons. The summed E-state index contributed by atoms with van der Waals surface area (Å²) in [6.07, 6.45) is 0. The van der Waals surface area contributed by atoms with Gasteiger partial charge in [-0.1, -0.05) is 188 Å². The highest BCUT2D eigenvalue weighted by molar-refractivity contribution is 6.04. The van der Waals surface area contributed by atoms with Gasteiger partial charge in [0.05, 0.1) is 10.8 Å². The van der Waals surface area contributed by atoms with Crippen molar-refractivity contribution >= 4 is 10.8 Å². The fourth-order valence-corrected chi connectivity index (χ4v) is 10.5. The van der Waals surface area contributed by atoms with Gasteiger partial charge in [-0.2, -0.15) is 0 Å². The third-order valence-corrected chi connectivity index (χ3v) is 12.6. The Bertz CT molecular complexity index is 2930. The SMILES string of the molecule is c1ccc(C2(c3cccc(-c4cc5c(c6ccccc46)Oc4ccccc4C54c5ccccc5-c5ccccc54)c3)c3ccccc3-c3ccccc32)cc1. The number of para-hydroxylation sites is 1. The van der Waals surface area contributed by atoms with Crippen LogP contribution in [0.15, 0.2) is 206 Å². The monoisotopic (exact) mass is 698 g/mol. The molecule has 1 nitrogen and oxygen atoms in total. The molecule has 3 aliphatic rings. The second-order valence-corrected chi connectivity index (χ2v) is 15.1. The van der Waals surface area contributed by atoms with Crippen LogP contribution in [0, 0.1) is 0 Å². The predicted molar refractivity (Wildman–Crippen MR) is 224 cm³/mol. The molecule has 9 aromatic rings. The van der Waals surface area contributed by atoms with Crippen molar-refractivity contribution in [1.29, 1.82) is 0 Å². The largest absolute Gasteiger partial charge is 0.456 e. The molecule has 12 rings (SSSR count). The Morgan fingerprint density at radius 2 is 0.764 bits per heavy atom. The van der Waals surface area contributed by atoms with Crippen LogP contribution < -0.4 is 4.74 Å². The first-order valence-corrected chi connectivity index (χ1v) is 19.2. The molecule has 1 heteroatoms. The fourth-order valence-electron chi connectivity index (χ4n) is 10.5. The third-order valence-electron chi connectivity index (χ3n) is 12.6. The molecule has 0 saturated carbocycles. The Balaban J connectivity index is 1.18. The van der Waals surface area contributed by atoms with Crippen LogP contribution in [0.1, 0.15) is 44.5 Å². The average molecular weight is 699 g/mol. The number of ether oxygens (including phenoxy) is 1. The van der Waals surface area contributed by atoms with Crippen molar-refractivity contribution < 1.29 is 4.74 Å². The second kappa shape index (κ2) is 11.3. The van der Waals surface area contributed by atoms with Gasteiger partial charge in [-0.15, -0.1) is 0 Å². The van der Waals surface area contributed by atoms with E-state index in [1.165, 1.54) is 83.3 Å². The van der Waals surface area contributed by atoms with E-state index in [-0.39, 0.29) is 0 Å². The second-order valence-electron chi connectivity index (χ2n) is 15.1. The van der Waals surface area contributed by atoms with Crippen LogP contribution >= 0.6 is 0 Å². The number of hydrogen-bond acceptors (Lipinski definition) is 1. The molecular weight excluding hydrogens is 665 g/mol. The lowest BCUT2D eigenvalue weighted by Gasteiger charge is -2.40. The predicted octanol–water partition coefficient (Wildman–Crippen LogP) is 13.3. The smallest absolute Gasteiger partial charge is 0.140 e. The molecule has 0 amide bonds. The summed E-state index contributed by atoms with van der Waals surface area (Å²) in [6, 6.07) is 76.2. The van der Waals surface area contributed by atoms with Gasteiger partial charge >= 0.3 is 0 Å². The maximum absolute atomic E-state index is 7.06. The van der Waals surface area contributed by atoms with Crippen LogP contribution in [0.3, 0.4) is 0 Å². The summed E-state index contributed by atoms with van der Waals surface area (Å²) in [5.74, 6) is 1.84. The molecule has 0 bridgehead atoms. The Hall–Kier alpha value is -6.96. The Kier molecular flexibility index (Phi) is 6.25. The van der Waals surface area contributed by atoms with Gasteiger partial charge in [0.15, 0.2) is 0 Å². The van der Waals surface area contributed by atoms with E-state index in [1.807, 2.05) is 0 Å².